The molecule has 0 aliphatic carbocycles. The lowest BCUT2D eigenvalue weighted by Crippen LogP contribution is -2.28. The summed E-state index contributed by atoms with van der Waals surface area (Å²) < 4.78 is 0. The molecule has 0 bridgehead atoms. The first-order valence-electron chi connectivity index (χ1n) is 5.73. The van der Waals surface area contributed by atoms with E-state index >= 15 is 0 Å². The van der Waals surface area contributed by atoms with E-state index in [1.165, 1.54) is 0 Å². The minimum absolute atomic E-state index is 0.0461. The fourth-order valence-corrected chi connectivity index (χ4v) is 1.63. The van der Waals surface area contributed by atoms with Gasteiger partial charge in [-0.25, -0.2) is 0 Å². The molecule has 0 fully saturated rings. The second kappa shape index (κ2) is 7.01. The molecular weight excluding hydrogens is 202 g/mol. The lowest BCUT2D eigenvalue weighted by molar-refractivity contribution is -0.121. The average molecular weight is 221 g/mol. The maximum absolute atomic E-state index is 11.5. The smallest absolute Gasteiger partial charge is 0.220 e. The number of rotatable bonds is 6. The van der Waals surface area contributed by atoms with E-state index in [1.54, 1.807) is 0 Å². The standard InChI is InChI=1S/C13H19NO2/c1-2-6-13(16)14-12(9-10-15)11-7-4-3-5-8-11/h3-5,7-8,12,15H,2,6,9-10H2,1H3,(H,14,16). The SMILES string of the molecule is CCCC(=O)NC(CCO)c1ccccc1. The molecule has 0 saturated carbocycles. The highest BCUT2D eigenvalue weighted by Gasteiger charge is 2.12. The summed E-state index contributed by atoms with van der Waals surface area (Å²) in [4.78, 5) is 11.5. The Hall–Kier alpha value is -1.35. The predicted molar refractivity (Wildman–Crippen MR) is 63.9 cm³/mol. The molecule has 3 heteroatoms. The van der Waals surface area contributed by atoms with Crippen molar-refractivity contribution < 1.29 is 9.90 Å². The van der Waals surface area contributed by atoms with Crippen molar-refractivity contribution in [1.82, 2.24) is 5.32 Å². The summed E-state index contributed by atoms with van der Waals surface area (Å²) in [6.07, 6.45) is 1.93. The molecule has 0 aromatic heterocycles. The Morgan fingerprint density at radius 1 is 1.38 bits per heavy atom. The Kier molecular flexibility index (Phi) is 5.57. The van der Waals surface area contributed by atoms with Gasteiger partial charge in [-0.05, 0) is 18.4 Å². The zero-order chi connectivity index (χ0) is 11.8. The van der Waals surface area contributed by atoms with Crippen LogP contribution >= 0.6 is 0 Å². The molecule has 1 unspecified atom stereocenters. The number of aliphatic hydroxyl groups is 1. The van der Waals surface area contributed by atoms with E-state index < -0.39 is 0 Å². The molecule has 2 N–H and O–H groups in total. The summed E-state index contributed by atoms with van der Waals surface area (Å²) >= 11 is 0. The molecule has 1 aromatic rings. The van der Waals surface area contributed by atoms with Crippen molar-refractivity contribution in [3.05, 3.63) is 35.9 Å². The average Bonchev–Trinajstić information content (AvgIpc) is 2.30. The second-order valence-electron chi connectivity index (χ2n) is 3.79. The third-order valence-corrected chi connectivity index (χ3v) is 2.43. The summed E-state index contributed by atoms with van der Waals surface area (Å²) in [6.45, 7) is 2.05. The van der Waals surface area contributed by atoms with Crippen molar-refractivity contribution in [3.8, 4) is 0 Å². The topological polar surface area (TPSA) is 49.3 Å². The molecule has 88 valence electrons. The monoisotopic (exact) mass is 221 g/mol. The summed E-state index contributed by atoms with van der Waals surface area (Å²) in [5.41, 5.74) is 1.04. The van der Waals surface area contributed by atoms with E-state index in [9.17, 15) is 4.79 Å². The van der Waals surface area contributed by atoms with Gasteiger partial charge >= 0.3 is 0 Å². The number of hydrogen-bond donors (Lipinski definition) is 2. The van der Waals surface area contributed by atoms with Crippen molar-refractivity contribution in [1.29, 1.82) is 0 Å². The van der Waals surface area contributed by atoms with Crippen LogP contribution in [0.4, 0.5) is 0 Å². The Bertz CT molecular complexity index is 311. The van der Waals surface area contributed by atoms with Crippen LogP contribution in [0.2, 0.25) is 0 Å². The Morgan fingerprint density at radius 2 is 2.06 bits per heavy atom. The van der Waals surface area contributed by atoms with Gasteiger partial charge in [-0.2, -0.15) is 0 Å². The third-order valence-electron chi connectivity index (χ3n) is 2.43. The zero-order valence-corrected chi connectivity index (χ0v) is 9.65. The van der Waals surface area contributed by atoms with Crippen LogP contribution < -0.4 is 5.32 Å². The van der Waals surface area contributed by atoms with E-state index in [4.69, 9.17) is 5.11 Å². The number of aliphatic hydroxyl groups excluding tert-OH is 1. The fraction of sp³-hybridized carbons (Fsp3) is 0.462. The van der Waals surface area contributed by atoms with Gasteiger partial charge in [-0.1, -0.05) is 37.3 Å². The molecule has 1 aromatic carbocycles. The first-order valence-corrected chi connectivity index (χ1v) is 5.73. The highest BCUT2D eigenvalue weighted by Crippen LogP contribution is 2.16. The van der Waals surface area contributed by atoms with Crippen LogP contribution in [0, 0.1) is 0 Å². The fourth-order valence-electron chi connectivity index (χ4n) is 1.63. The largest absolute Gasteiger partial charge is 0.396 e. The third kappa shape index (κ3) is 4.03. The highest BCUT2D eigenvalue weighted by molar-refractivity contribution is 5.76. The van der Waals surface area contributed by atoms with Crippen molar-refractivity contribution >= 4 is 5.91 Å². The van der Waals surface area contributed by atoms with E-state index in [2.05, 4.69) is 5.32 Å². The summed E-state index contributed by atoms with van der Waals surface area (Å²) in [6, 6.07) is 9.66. The molecule has 3 nitrogen and oxygen atoms in total. The van der Waals surface area contributed by atoms with E-state index in [0.29, 0.717) is 12.8 Å². The molecule has 0 saturated heterocycles. The lowest BCUT2D eigenvalue weighted by atomic mass is 10.0. The van der Waals surface area contributed by atoms with Gasteiger partial charge in [0.05, 0.1) is 6.04 Å². The molecule has 0 aliphatic rings. The van der Waals surface area contributed by atoms with Gasteiger partial charge in [0, 0.05) is 13.0 Å². The maximum atomic E-state index is 11.5. The number of carbonyl (C=O) groups excluding carboxylic acids is 1. The minimum Gasteiger partial charge on any atom is -0.396 e. The number of benzene rings is 1. The van der Waals surface area contributed by atoms with E-state index in [1.807, 2.05) is 37.3 Å². The lowest BCUT2D eigenvalue weighted by Gasteiger charge is -2.18. The van der Waals surface area contributed by atoms with Gasteiger partial charge < -0.3 is 10.4 Å². The highest BCUT2D eigenvalue weighted by atomic mass is 16.3. The minimum atomic E-state index is -0.0785. The summed E-state index contributed by atoms with van der Waals surface area (Å²) in [7, 11) is 0. The van der Waals surface area contributed by atoms with Crippen LogP contribution in [-0.4, -0.2) is 17.6 Å². The summed E-state index contributed by atoms with van der Waals surface area (Å²) in [5, 5.41) is 11.9. The van der Waals surface area contributed by atoms with Crippen LogP contribution in [0.3, 0.4) is 0 Å². The van der Waals surface area contributed by atoms with Crippen molar-refractivity contribution in [3.63, 3.8) is 0 Å². The quantitative estimate of drug-likeness (QED) is 0.772. The predicted octanol–water partition coefficient (Wildman–Crippen LogP) is 2.03. The first kappa shape index (κ1) is 12.7. The van der Waals surface area contributed by atoms with Crippen LogP contribution in [0.15, 0.2) is 30.3 Å². The van der Waals surface area contributed by atoms with Gasteiger partial charge in [-0.3, -0.25) is 4.79 Å². The maximum Gasteiger partial charge on any atom is 0.220 e. The van der Waals surface area contributed by atoms with Gasteiger partial charge in [0.1, 0.15) is 0 Å². The molecule has 1 rings (SSSR count). The molecule has 1 atom stereocenters. The molecule has 0 spiro atoms. The first-order chi connectivity index (χ1) is 7.77. The van der Waals surface area contributed by atoms with Crippen LogP contribution in [0.25, 0.3) is 0 Å². The Morgan fingerprint density at radius 3 is 2.62 bits per heavy atom. The van der Waals surface area contributed by atoms with Crippen LogP contribution in [-0.2, 0) is 4.79 Å². The summed E-state index contributed by atoms with van der Waals surface area (Å²) in [5.74, 6) is 0.0461. The van der Waals surface area contributed by atoms with E-state index in [-0.39, 0.29) is 18.6 Å². The number of hydrogen-bond acceptors (Lipinski definition) is 2. The van der Waals surface area contributed by atoms with Gasteiger partial charge in [-0.15, -0.1) is 0 Å². The number of nitrogens with one attached hydrogen (secondary N) is 1. The Balaban J connectivity index is 2.64. The molecule has 1 amide bonds. The van der Waals surface area contributed by atoms with Crippen LogP contribution in [0.5, 0.6) is 0 Å². The van der Waals surface area contributed by atoms with Gasteiger partial charge in [0.15, 0.2) is 0 Å². The van der Waals surface area contributed by atoms with Crippen LogP contribution in [0.1, 0.15) is 37.8 Å². The molecule has 0 aliphatic heterocycles. The molecule has 16 heavy (non-hydrogen) atoms. The van der Waals surface area contributed by atoms with E-state index in [0.717, 1.165) is 12.0 Å². The second-order valence-corrected chi connectivity index (χ2v) is 3.79. The molecule has 0 radical (unpaired) electrons. The zero-order valence-electron chi connectivity index (χ0n) is 9.65. The van der Waals surface area contributed by atoms with Crippen molar-refractivity contribution in [2.75, 3.05) is 6.61 Å². The normalized spacial score (nSPS) is 12.1. The van der Waals surface area contributed by atoms with Gasteiger partial charge in [0.25, 0.3) is 0 Å². The van der Waals surface area contributed by atoms with Crippen molar-refractivity contribution in [2.24, 2.45) is 0 Å². The number of carbonyl (C=O) groups is 1. The molecule has 0 heterocycles. The van der Waals surface area contributed by atoms with Gasteiger partial charge in [0.2, 0.25) is 5.91 Å². The number of amides is 1. The Labute approximate surface area is 96.5 Å². The molecular formula is C13H19NO2. The van der Waals surface area contributed by atoms with Crippen molar-refractivity contribution in [2.45, 2.75) is 32.2 Å².